The molecular weight excluding hydrogens is 229 g/mol. The molecule has 0 bridgehead atoms. The second kappa shape index (κ2) is 4.86. The van der Waals surface area contributed by atoms with E-state index in [0.717, 1.165) is 10.6 Å². The van der Waals surface area contributed by atoms with Crippen LogP contribution < -0.4 is 4.31 Å². The molecule has 16 heavy (non-hydrogen) atoms. The SMILES string of the molecule is C[C@@H](B(O)O)N(c1ccccc1)S(C)(=O)=O. The molecule has 2 N–H and O–H groups in total. The minimum absolute atomic E-state index is 0.408. The van der Waals surface area contributed by atoms with Crippen LogP contribution in [-0.4, -0.2) is 37.8 Å². The van der Waals surface area contributed by atoms with Crippen molar-refractivity contribution in [2.24, 2.45) is 0 Å². The second-order valence-electron chi connectivity index (χ2n) is 3.55. The minimum atomic E-state index is -3.55. The minimum Gasteiger partial charge on any atom is -0.426 e. The number of anilines is 1. The van der Waals surface area contributed by atoms with E-state index in [9.17, 15) is 8.42 Å². The van der Waals surface area contributed by atoms with Gasteiger partial charge in [0.2, 0.25) is 10.0 Å². The summed E-state index contributed by atoms with van der Waals surface area (Å²) in [5, 5.41) is 18.1. The Morgan fingerprint density at radius 1 is 1.25 bits per heavy atom. The molecule has 88 valence electrons. The van der Waals surface area contributed by atoms with E-state index in [-0.39, 0.29) is 0 Å². The van der Waals surface area contributed by atoms with Crippen LogP contribution in [0.2, 0.25) is 0 Å². The summed E-state index contributed by atoms with van der Waals surface area (Å²) in [4.78, 5) is 0. The van der Waals surface area contributed by atoms with E-state index in [2.05, 4.69) is 0 Å². The van der Waals surface area contributed by atoms with E-state index in [0.29, 0.717) is 5.69 Å². The summed E-state index contributed by atoms with van der Waals surface area (Å²) in [5.74, 6) is -0.933. The molecule has 0 fully saturated rings. The lowest BCUT2D eigenvalue weighted by molar-refractivity contribution is 0.391. The number of para-hydroxylation sites is 1. The fourth-order valence-electron chi connectivity index (χ4n) is 1.42. The van der Waals surface area contributed by atoms with Gasteiger partial charge in [-0.15, -0.1) is 0 Å². The van der Waals surface area contributed by atoms with Crippen LogP contribution in [0.4, 0.5) is 5.69 Å². The van der Waals surface area contributed by atoms with Crippen LogP contribution in [0.1, 0.15) is 6.92 Å². The molecule has 0 aliphatic rings. The van der Waals surface area contributed by atoms with Gasteiger partial charge in [-0.25, -0.2) is 8.42 Å². The number of rotatable bonds is 4. The molecule has 0 amide bonds. The molecule has 1 rings (SSSR count). The van der Waals surface area contributed by atoms with Crippen LogP contribution in [0, 0.1) is 0 Å². The summed E-state index contributed by atoms with van der Waals surface area (Å²) in [6, 6.07) is 8.32. The third kappa shape index (κ3) is 2.97. The number of hydrogen-bond acceptors (Lipinski definition) is 4. The van der Waals surface area contributed by atoms with Crippen LogP contribution in [0.15, 0.2) is 30.3 Å². The molecule has 7 heteroatoms. The monoisotopic (exact) mass is 243 g/mol. The second-order valence-corrected chi connectivity index (χ2v) is 5.41. The van der Waals surface area contributed by atoms with E-state index in [1.165, 1.54) is 6.92 Å². The topological polar surface area (TPSA) is 77.8 Å². The molecule has 0 unspecified atom stereocenters. The summed E-state index contributed by atoms with van der Waals surface area (Å²) in [6.07, 6.45) is 1.03. The first kappa shape index (κ1) is 13.0. The van der Waals surface area contributed by atoms with Gasteiger partial charge in [0.15, 0.2) is 0 Å². The van der Waals surface area contributed by atoms with Gasteiger partial charge in [-0.05, 0) is 19.1 Å². The Kier molecular flexibility index (Phi) is 3.95. The van der Waals surface area contributed by atoms with Crippen molar-refractivity contribution in [1.29, 1.82) is 0 Å². The number of hydrogen-bond donors (Lipinski definition) is 2. The first-order chi connectivity index (χ1) is 7.34. The smallest absolute Gasteiger partial charge is 0.426 e. The van der Waals surface area contributed by atoms with Crippen LogP contribution in [0.5, 0.6) is 0 Å². The van der Waals surface area contributed by atoms with Gasteiger partial charge in [-0.2, -0.15) is 0 Å². The maximum Gasteiger partial charge on any atom is 0.476 e. The van der Waals surface area contributed by atoms with Crippen molar-refractivity contribution in [3.63, 3.8) is 0 Å². The largest absolute Gasteiger partial charge is 0.476 e. The quantitative estimate of drug-likeness (QED) is 0.721. The van der Waals surface area contributed by atoms with E-state index in [1.807, 2.05) is 0 Å². The third-order valence-corrected chi connectivity index (χ3v) is 3.43. The predicted molar refractivity (Wildman–Crippen MR) is 63.4 cm³/mol. The van der Waals surface area contributed by atoms with Crippen LogP contribution in [0.3, 0.4) is 0 Å². The van der Waals surface area contributed by atoms with Crippen molar-refractivity contribution in [1.82, 2.24) is 0 Å². The lowest BCUT2D eigenvalue weighted by Gasteiger charge is -2.28. The van der Waals surface area contributed by atoms with Crippen LogP contribution >= 0.6 is 0 Å². The maximum absolute atomic E-state index is 11.6. The Balaban J connectivity index is 3.18. The molecule has 0 radical (unpaired) electrons. The van der Waals surface area contributed by atoms with Gasteiger partial charge in [-0.1, -0.05) is 18.2 Å². The van der Waals surface area contributed by atoms with Crippen molar-refractivity contribution in [3.05, 3.63) is 30.3 Å². The molecule has 0 aliphatic carbocycles. The summed E-state index contributed by atoms with van der Waals surface area (Å²) in [7, 11) is -5.28. The highest BCUT2D eigenvalue weighted by Crippen LogP contribution is 2.20. The number of nitrogens with zero attached hydrogens (tertiary/aromatic N) is 1. The zero-order valence-electron chi connectivity index (χ0n) is 9.11. The molecule has 0 aliphatic heterocycles. The fourth-order valence-corrected chi connectivity index (χ4v) is 2.64. The predicted octanol–water partition coefficient (Wildman–Crippen LogP) is -0.147. The first-order valence-corrected chi connectivity index (χ1v) is 6.59. The zero-order chi connectivity index (χ0) is 12.3. The van der Waals surface area contributed by atoms with Crippen molar-refractivity contribution >= 4 is 22.8 Å². The normalized spacial score (nSPS) is 13.2. The Labute approximate surface area is 95.5 Å². The van der Waals surface area contributed by atoms with Gasteiger partial charge in [0.05, 0.1) is 17.9 Å². The molecule has 0 saturated heterocycles. The average Bonchev–Trinajstić information content (AvgIpc) is 2.17. The maximum atomic E-state index is 11.6. The molecule has 1 atom stereocenters. The van der Waals surface area contributed by atoms with Crippen LogP contribution in [0.25, 0.3) is 0 Å². The summed E-state index contributed by atoms with van der Waals surface area (Å²) < 4.78 is 24.1. The van der Waals surface area contributed by atoms with Gasteiger partial charge in [0.25, 0.3) is 0 Å². The summed E-state index contributed by atoms with van der Waals surface area (Å²) >= 11 is 0. The Hall–Kier alpha value is -1.05. The molecule has 0 saturated carbocycles. The number of benzene rings is 1. The fraction of sp³-hybridized carbons (Fsp3) is 0.333. The Morgan fingerprint density at radius 2 is 1.75 bits per heavy atom. The molecule has 1 aromatic rings. The highest BCUT2D eigenvalue weighted by atomic mass is 32.2. The van der Waals surface area contributed by atoms with Gasteiger partial charge in [0.1, 0.15) is 0 Å². The molecular formula is C9H14BNO4S. The molecule has 0 aromatic heterocycles. The van der Waals surface area contributed by atoms with Crippen molar-refractivity contribution in [2.45, 2.75) is 12.9 Å². The van der Waals surface area contributed by atoms with E-state index < -0.39 is 23.1 Å². The molecule has 5 nitrogen and oxygen atoms in total. The summed E-state index contributed by atoms with van der Waals surface area (Å²) in [5.41, 5.74) is 0.408. The highest BCUT2D eigenvalue weighted by molar-refractivity contribution is 7.92. The lowest BCUT2D eigenvalue weighted by atomic mass is 9.81. The van der Waals surface area contributed by atoms with E-state index >= 15 is 0 Å². The van der Waals surface area contributed by atoms with Crippen LogP contribution in [-0.2, 0) is 10.0 Å². The zero-order valence-corrected chi connectivity index (χ0v) is 9.92. The standard InChI is InChI=1S/C9H14BNO4S/c1-8(10(12)13)11(16(2,14)15)9-6-4-3-5-7-9/h3-8,12-13H,1-2H3/t8-/m0/s1. The van der Waals surface area contributed by atoms with Gasteiger partial charge < -0.3 is 10.0 Å². The van der Waals surface area contributed by atoms with Gasteiger partial charge in [0, 0.05) is 0 Å². The average molecular weight is 243 g/mol. The first-order valence-electron chi connectivity index (χ1n) is 4.74. The molecule has 0 spiro atoms. The van der Waals surface area contributed by atoms with Gasteiger partial charge >= 0.3 is 7.12 Å². The Bertz CT molecular complexity index is 434. The lowest BCUT2D eigenvalue weighted by Crippen LogP contribution is -2.47. The molecule has 1 aromatic carbocycles. The van der Waals surface area contributed by atoms with Gasteiger partial charge in [-0.3, -0.25) is 4.31 Å². The van der Waals surface area contributed by atoms with E-state index in [1.54, 1.807) is 30.3 Å². The molecule has 0 heterocycles. The number of sulfonamides is 1. The third-order valence-electron chi connectivity index (χ3n) is 2.17. The highest BCUT2D eigenvalue weighted by Gasteiger charge is 2.31. The van der Waals surface area contributed by atoms with E-state index in [4.69, 9.17) is 10.0 Å². The van der Waals surface area contributed by atoms with Crippen molar-refractivity contribution in [3.8, 4) is 0 Å². The van der Waals surface area contributed by atoms with Crippen molar-refractivity contribution < 1.29 is 18.5 Å². The summed E-state index contributed by atoms with van der Waals surface area (Å²) in [6.45, 7) is 1.43. The Morgan fingerprint density at radius 3 is 2.12 bits per heavy atom. The van der Waals surface area contributed by atoms with Crippen molar-refractivity contribution in [2.75, 3.05) is 10.6 Å².